The van der Waals surface area contributed by atoms with Gasteiger partial charge in [0.1, 0.15) is 8.80 Å². The van der Waals surface area contributed by atoms with Crippen LogP contribution in [-0.4, -0.2) is 8.80 Å². The Labute approximate surface area is 95.9 Å². The molecule has 2 aromatic rings. The maximum atomic E-state index is 2.39. The molecule has 1 aliphatic rings. The van der Waals surface area contributed by atoms with Crippen molar-refractivity contribution >= 4 is 30.9 Å². The molecule has 0 spiro atoms. The van der Waals surface area contributed by atoms with E-state index in [9.17, 15) is 0 Å². The molecule has 1 aliphatic heterocycles. The first-order valence-corrected chi connectivity index (χ1v) is 7.88. The minimum absolute atomic E-state index is 0.527. The first kappa shape index (κ1) is 9.25. The smallest absolute Gasteiger partial charge is 0.0903 e. The molecule has 0 nitrogen and oxygen atoms in total. The van der Waals surface area contributed by atoms with Gasteiger partial charge in [-0.15, -0.1) is 0 Å². The van der Waals surface area contributed by atoms with Crippen LogP contribution < -0.4 is 10.4 Å². The van der Waals surface area contributed by atoms with E-state index in [-0.39, 0.29) is 0 Å². The van der Waals surface area contributed by atoms with Crippen LogP contribution in [0.2, 0.25) is 6.55 Å². The molecule has 0 N–H and O–H groups in total. The molecule has 0 aliphatic carbocycles. The lowest BCUT2D eigenvalue weighted by Gasteiger charge is -2.23. The van der Waals surface area contributed by atoms with Gasteiger partial charge in [0.05, 0.1) is 0 Å². The fourth-order valence-electron chi connectivity index (χ4n) is 1.99. The predicted molar refractivity (Wildman–Crippen MR) is 67.9 cm³/mol. The van der Waals surface area contributed by atoms with E-state index >= 15 is 0 Å². The average molecular weight is 227 g/mol. The van der Waals surface area contributed by atoms with Crippen LogP contribution in [0.15, 0.2) is 58.3 Å². The molecule has 1 heterocycles. The van der Waals surface area contributed by atoms with Crippen molar-refractivity contribution in [1.29, 1.82) is 0 Å². The van der Waals surface area contributed by atoms with Gasteiger partial charge in [0.15, 0.2) is 0 Å². The zero-order valence-corrected chi connectivity index (χ0v) is 10.3. The van der Waals surface area contributed by atoms with Gasteiger partial charge in [-0.1, -0.05) is 54.7 Å². The number of hydrogen-bond donors (Lipinski definition) is 0. The van der Waals surface area contributed by atoms with Crippen molar-refractivity contribution in [3.8, 4) is 0 Å². The molecule has 0 saturated heterocycles. The summed E-state index contributed by atoms with van der Waals surface area (Å²) in [5.74, 6) is 0. The van der Waals surface area contributed by atoms with E-state index in [2.05, 4.69) is 55.1 Å². The number of fused-ring (bicyclic) bond motifs is 2. The van der Waals surface area contributed by atoms with Gasteiger partial charge >= 0.3 is 0 Å². The lowest BCUT2D eigenvalue weighted by atomic mass is 10.3. The maximum Gasteiger partial charge on any atom is 0.121 e. The molecule has 15 heavy (non-hydrogen) atoms. The monoisotopic (exact) mass is 227 g/mol. The van der Waals surface area contributed by atoms with E-state index in [1.165, 1.54) is 9.79 Å². The topological polar surface area (TPSA) is 0 Å². The molecule has 2 aromatic carbocycles. The van der Waals surface area contributed by atoms with E-state index < -0.39 is 8.80 Å². The largest absolute Gasteiger partial charge is 0.121 e. The third-order valence-corrected chi connectivity index (χ3v) is 6.80. The van der Waals surface area contributed by atoms with Crippen LogP contribution in [0.3, 0.4) is 0 Å². The summed E-state index contributed by atoms with van der Waals surface area (Å²) in [5.41, 5.74) is 0. The molecule has 0 bridgehead atoms. The van der Waals surface area contributed by atoms with Crippen LogP contribution in [0.4, 0.5) is 0 Å². The minimum Gasteiger partial charge on any atom is -0.0903 e. The Morgan fingerprint density at radius 2 is 1.27 bits per heavy atom. The molecule has 0 fully saturated rings. The van der Waals surface area contributed by atoms with Crippen LogP contribution in [-0.2, 0) is 0 Å². The first-order chi connectivity index (χ1) is 7.36. The summed E-state index contributed by atoms with van der Waals surface area (Å²) in [6.45, 7) is 2.39. The van der Waals surface area contributed by atoms with Gasteiger partial charge in [-0.2, -0.15) is 0 Å². The molecule has 0 atom stereocenters. The van der Waals surface area contributed by atoms with Crippen LogP contribution in [0.25, 0.3) is 0 Å². The highest BCUT2D eigenvalue weighted by Crippen LogP contribution is 2.28. The zero-order valence-electron chi connectivity index (χ0n) is 8.53. The molecule has 73 valence electrons. The summed E-state index contributed by atoms with van der Waals surface area (Å²) in [6.07, 6.45) is 0. The van der Waals surface area contributed by atoms with Crippen molar-refractivity contribution in [2.45, 2.75) is 16.3 Å². The van der Waals surface area contributed by atoms with E-state index in [0.717, 1.165) is 0 Å². The molecule has 0 aromatic heterocycles. The molecule has 0 saturated carbocycles. The Morgan fingerprint density at radius 3 is 1.80 bits per heavy atom. The number of benzene rings is 2. The summed E-state index contributed by atoms with van der Waals surface area (Å²) in [4.78, 5) is 2.90. The van der Waals surface area contributed by atoms with Crippen LogP contribution >= 0.6 is 11.8 Å². The van der Waals surface area contributed by atoms with E-state index in [1.54, 1.807) is 10.4 Å². The van der Waals surface area contributed by atoms with Gasteiger partial charge in [0.25, 0.3) is 0 Å². The predicted octanol–water partition coefficient (Wildman–Crippen LogP) is 2.39. The second-order valence-electron chi connectivity index (χ2n) is 3.72. The number of hydrogen-bond acceptors (Lipinski definition) is 1. The quantitative estimate of drug-likeness (QED) is 0.623. The van der Waals surface area contributed by atoms with Crippen molar-refractivity contribution < 1.29 is 0 Å². The third-order valence-electron chi connectivity index (χ3n) is 2.80. The Morgan fingerprint density at radius 1 is 0.800 bits per heavy atom. The normalized spacial score (nSPS) is 14.5. The van der Waals surface area contributed by atoms with Gasteiger partial charge in [0, 0.05) is 9.79 Å². The first-order valence-electron chi connectivity index (χ1n) is 5.06. The lowest BCUT2D eigenvalue weighted by Crippen LogP contribution is -2.43. The molecule has 0 unspecified atom stereocenters. The van der Waals surface area contributed by atoms with Crippen LogP contribution in [0, 0.1) is 0 Å². The van der Waals surface area contributed by atoms with Gasteiger partial charge in [-0.05, 0) is 22.5 Å². The van der Waals surface area contributed by atoms with Gasteiger partial charge < -0.3 is 0 Å². The minimum atomic E-state index is -0.527. The third kappa shape index (κ3) is 1.45. The highest BCUT2D eigenvalue weighted by molar-refractivity contribution is 8.00. The maximum absolute atomic E-state index is 2.39. The molecule has 0 amide bonds. The van der Waals surface area contributed by atoms with Crippen molar-refractivity contribution in [2.24, 2.45) is 0 Å². The summed E-state index contributed by atoms with van der Waals surface area (Å²) in [5, 5.41) is 3.12. The summed E-state index contributed by atoms with van der Waals surface area (Å²) >= 11 is 1.91. The van der Waals surface area contributed by atoms with Crippen molar-refractivity contribution in [3.63, 3.8) is 0 Å². The highest BCUT2D eigenvalue weighted by Gasteiger charge is 2.23. The standard InChI is InChI=1S/C13H11SSi/c1-15-12-8-4-2-6-10(12)14-11-7-3-5-9-13(11)15/h2-9H,1H3. The highest BCUT2D eigenvalue weighted by atomic mass is 32.2. The van der Waals surface area contributed by atoms with Gasteiger partial charge in [-0.25, -0.2) is 0 Å². The average Bonchev–Trinajstić information content (AvgIpc) is 2.30. The van der Waals surface area contributed by atoms with Crippen molar-refractivity contribution in [2.75, 3.05) is 0 Å². The second-order valence-corrected chi connectivity index (χ2v) is 7.13. The summed E-state index contributed by atoms with van der Waals surface area (Å²) in [6, 6.07) is 17.6. The molecule has 2 heteroatoms. The Kier molecular flexibility index (Phi) is 2.18. The molecular weight excluding hydrogens is 216 g/mol. The Bertz CT molecular complexity index is 462. The van der Waals surface area contributed by atoms with Gasteiger partial charge in [0.2, 0.25) is 0 Å². The summed E-state index contributed by atoms with van der Waals surface area (Å²) in [7, 11) is -0.527. The lowest BCUT2D eigenvalue weighted by molar-refractivity contribution is 1.43. The Hall–Kier alpha value is -0.993. The fourth-order valence-corrected chi connectivity index (χ4v) is 5.99. The molecule has 3 rings (SSSR count). The van der Waals surface area contributed by atoms with Crippen LogP contribution in [0.1, 0.15) is 0 Å². The van der Waals surface area contributed by atoms with E-state index in [4.69, 9.17) is 0 Å². The number of rotatable bonds is 0. The Balaban J connectivity index is 2.20. The fraction of sp³-hybridized carbons (Fsp3) is 0.0769. The zero-order chi connectivity index (χ0) is 10.3. The second kappa shape index (κ2) is 3.54. The van der Waals surface area contributed by atoms with Crippen molar-refractivity contribution in [1.82, 2.24) is 0 Å². The van der Waals surface area contributed by atoms with Gasteiger partial charge in [-0.3, -0.25) is 0 Å². The SMILES string of the molecule is C[Si]1c2ccccc2Sc2ccccc21. The van der Waals surface area contributed by atoms with E-state index in [1.807, 2.05) is 11.8 Å². The van der Waals surface area contributed by atoms with E-state index in [0.29, 0.717) is 0 Å². The molecule has 1 radical (unpaired) electrons. The molecular formula is C13H11SSi. The summed E-state index contributed by atoms with van der Waals surface area (Å²) < 4.78 is 0. The van der Waals surface area contributed by atoms with Crippen molar-refractivity contribution in [3.05, 3.63) is 48.5 Å². The van der Waals surface area contributed by atoms with Crippen LogP contribution in [0.5, 0.6) is 0 Å².